The normalized spacial score (nSPS) is 11.4. The third kappa shape index (κ3) is 8.07. The number of hydrogen-bond donors (Lipinski definition) is 2. The van der Waals surface area contributed by atoms with Crippen molar-refractivity contribution in [2.75, 3.05) is 13.1 Å². The number of hydrogen-bond acceptors (Lipinski definition) is 4. The van der Waals surface area contributed by atoms with E-state index in [-0.39, 0.29) is 11.5 Å². The summed E-state index contributed by atoms with van der Waals surface area (Å²) in [6.07, 6.45) is 0.730. The molecule has 4 aromatic carbocycles. The van der Waals surface area contributed by atoms with Crippen LogP contribution >= 0.6 is 18.6 Å². The van der Waals surface area contributed by atoms with E-state index in [4.69, 9.17) is 28.6 Å². The van der Waals surface area contributed by atoms with Crippen molar-refractivity contribution in [1.82, 2.24) is 0 Å². The number of rotatable bonds is 8. The summed E-state index contributed by atoms with van der Waals surface area (Å²) in [5.74, 6) is 0.424. The van der Waals surface area contributed by atoms with Crippen LogP contribution in [0.2, 0.25) is 0 Å². The van der Waals surface area contributed by atoms with E-state index in [9.17, 15) is 10.2 Å². The number of nitrogens with zero attached hydrogens (tertiary/aromatic N) is 2. The van der Waals surface area contributed by atoms with Crippen molar-refractivity contribution in [3.8, 4) is 11.5 Å². The summed E-state index contributed by atoms with van der Waals surface area (Å²) < 4.78 is 0. The van der Waals surface area contributed by atoms with Crippen LogP contribution in [0.15, 0.2) is 119 Å². The molecule has 4 nitrogen and oxygen atoms in total. The Morgan fingerprint density at radius 1 is 0.556 bits per heavy atom. The molecule has 0 heterocycles. The molecule has 4 rings (SSSR count). The molecule has 0 unspecified atom stereocenters. The molecule has 0 aliphatic heterocycles. The van der Waals surface area contributed by atoms with E-state index >= 15 is 0 Å². The van der Waals surface area contributed by atoms with Crippen molar-refractivity contribution in [2.24, 2.45) is 9.98 Å². The zero-order chi connectivity index (χ0) is 25.6. The fourth-order valence-electron chi connectivity index (χ4n) is 3.66. The van der Waals surface area contributed by atoms with Gasteiger partial charge in [-0.25, -0.2) is 0 Å². The summed E-state index contributed by atoms with van der Waals surface area (Å²) in [6.45, 7) is 1.12. The first-order chi connectivity index (χ1) is 17.7. The van der Waals surface area contributed by atoms with Crippen LogP contribution in [0.3, 0.4) is 0 Å². The Morgan fingerprint density at radius 2 is 0.889 bits per heavy atom. The first-order valence-electron chi connectivity index (χ1n) is 11.4. The average Bonchev–Trinajstić information content (AvgIpc) is 2.91. The average molecular weight is 553 g/mol. The molecule has 0 radical (unpaired) electrons. The van der Waals surface area contributed by atoms with Crippen LogP contribution < -0.4 is 0 Å². The van der Waals surface area contributed by atoms with Crippen LogP contribution in [0, 0.1) is 0 Å². The van der Waals surface area contributed by atoms with Crippen LogP contribution in [-0.2, 0) is 17.0 Å². The number of para-hydroxylation sites is 2. The van der Waals surface area contributed by atoms with Gasteiger partial charge in [0.2, 0.25) is 0 Å². The fraction of sp³-hybridized carbons (Fsp3) is 0.103. The molecule has 0 fully saturated rings. The Morgan fingerprint density at radius 3 is 1.25 bits per heavy atom. The van der Waals surface area contributed by atoms with Crippen molar-refractivity contribution in [3.05, 3.63) is 131 Å². The molecule has 0 bridgehead atoms. The minimum absolute atomic E-state index is 0.212. The molecule has 0 amide bonds. The molecule has 7 heteroatoms. The van der Waals surface area contributed by atoms with Gasteiger partial charge in [-0.15, -0.1) is 0 Å². The molecule has 2 N–H and O–H groups in total. The second kappa shape index (κ2) is 15.3. The quantitative estimate of drug-likeness (QED) is 0.137. The Labute approximate surface area is 228 Å². The molecule has 0 aliphatic rings. The van der Waals surface area contributed by atoms with Gasteiger partial charge in [0.15, 0.2) is 0 Å². The summed E-state index contributed by atoms with van der Waals surface area (Å²) in [7, 11) is 9.78. The van der Waals surface area contributed by atoms with Gasteiger partial charge in [0.25, 0.3) is 0 Å². The predicted molar refractivity (Wildman–Crippen MR) is 146 cm³/mol. The van der Waals surface area contributed by atoms with Gasteiger partial charge in [-0.3, -0.25) is 9.98 Å². The van der Waals surface area contributed by atoms with Gasteiger partial charge in [0.1, 0.15) is 11.5 Å². The van der Waals surface area contributed by atoms with E-state index in [2.05, 4.69) is 0 Å². The first-order valence-corrected chi connectivity index (χ1v) is 15.7. The zero-order valence-corrected chi connectivity index (χ0v) is 22.6. The molecule has 4 aromatic rings. The van der Waals surface area contributed by atoms with Gasteiger partial charge in [-0.05, 0) is 30.7 Å². The first kappa shape index (κ1) is 27.7. The fourth-order valence-corrected chi connectivity index (χ4v) is 3.66. The molecule has 0 aromatic heterocycles. The number of phenols is 2. The number of benzene rings is 4. The van der Waals surface area contributed by atoms with Crippen molar-refractivity contribution >= 4 is 30.0 Å². The summed E-state index contributed by atoms with van der Waals surface area (Å²) in [6, 6.07) is 34.3. The van der Waals surface area contributed by atoms with Crippen LogP contribution in [0.25, 0.3) is 0 Å². The van der Waals surface area contributed by atoms with E-state index in [0.717, 1.165) is 29.0 Å². The molecule has 0 spiro atoms. The van der Waals surface area contributed by atoms with Gasteiger partial charge < -0.3 is 10.2 Å². The minimum atomic E-state index is -0.556. The Kier molecular flexibility index (Phi) is 11.8. The van der Waals surface area contributed by atoms with Gasteiger partial charge in [0.05, 0.1) is 11.4 Å². The van der Waals surface area contributed by atoms with E-state index in [1.54, 1.807) is 24.3 Å². The van der Waals surface area contributed by atoms with E-state index in [1.807, 2.05) is 84.9 Å². The maximum absolute atomic E-state index is 10.4. The van der Waals surface area contributed by atoms with Crippen molar-refractivity contribution in [3.63, 3.8) is 0 Å². The molecule has 182 valence electrons. The number of halogens is 2. The van der Waals surface area contributed by atoms with E-state index < -0.39 is 17.0 Å². The second-order valence-electron chi connectivity index (χ2n) is 7.65. The standard InChI is InChI=1S/C29H26N2O2.2ClH.Ti/c32-26-18-9-7-16-24(26)28(22-12-3-1-4-13-22)30-20-11-21-31-29(23-14-5-2-6-15-23)25-17-8-10-19-27(25)33;;;/h1-10,12-19,32-33H,11,20-21H2;2*1H;/q;;;+2/p-2. The molecule has 0 atom stereocenters. The summed E-state index contributed by atoms with van der Waals surface area (Å²) in [5, 5.41) is 20.7. The van der Waals surface area contributed by atoms with Crippen LogP contribution in [0.4, 0.5) is 0 Å². The van der Waals surface area contributed by atoms with Crippen molar-refractivity contribution in [2.45, 2.75) is 6.42 Å². The second-order valence-corrected chi connectivity index (χ2v) is 10.2. The van der Waals surface area contributed by atoms with E-state index in [0.29, 0.717) is 24.2 Å². The number of phenolic OH excluding ortho intramolecular Hbond substituents is 2. The summed E-state index contributed by atoms with van der Waals surface area (Å²) in [4.78, 5) is 9.65. The topological polar surface area (TPSA) is 65.2 Å². The predicted octanol–water partition coefficient (Wildman–Crippen LogP) is 7.24. The van der Waals surface area contributed by atoms with Crippen molar-refractivity contribution < 1.29 is 27.2 Å². The van der Waals surface area contributed by atoms with Crippen LogP contribution in [0.5, 0.6) is 11.5 Å². The Bertz CT molecular complexity index is 1180. The molecule has 0 aliphatic carbocycles. The summed E-state index contributed by atoms with van der Waals surface area (Å²) in [5.41, 5.74) is 4.88. The summed E-state index contributed by atoms with van der Waals surface area (Å²) >= 11 is -0.556. The molecule has 36 heavy (non-hydrogen) atoms. The molecule has 0 saturated heterocycles. The number of aliphatic imine (C=N–C) groups is 2. The Hall–Kier alpha value is -2.89. The molecule has 0 saturated carbocycles. The third-order valence-electron chi connectivity index (χ3n) is 5.27. The number of aromatic hydroxyl groups is 2. The van der Waals surface area contributed by atoms with Crippen LogP contribution in [0.1, 0.15) is 28.7 Å². The van der Waals surface area contributed by atoms with Crippen LogP contribution in [-0.4, -0.2) is 34.7 Å². The Balaban J connectivity index is 0.00000115. The zero-order valence-electron chi connectivity index (χ0n) is 19.6. The third-order valence-corrected chi connectivity index (χ3v) is 5.27. The SMILES string of the molecule is Oc1ccccc1C(=NCCCN=C(c1ccccc1)c1ccccc1O)c1ccccc1.[Cl][Ti][Cl]. The van der Waals surface area contributed by atoms with Crippen molar-refractivity contribution in [1.29, 1.82) is 0 Å². The van der Waals surface area contributed by atoms with Gasteiger partial charge in [-0.1, -0.05) is 84.9 Å². The monoisotopic (exact) mass is 552 g/mol. The van der Waals surface area contributed by atoms with E-state index in [1.165, 1.54) is 0 Å². The molecular weight excluding hydrogens is 527 g/mol. The molecular formula is C29H26Cl2N2O2Ti. The van der Waals surface area contributed by atoms with Gasteiger partial charge >= 0.3 is 35.6 Å². The maximum atomic E-state index is 10.4. The van der Waals surface area contributed by atoms with Gasteiger partial charge in [0, 0.05) is 35.3 Å². The van der Waals surface area contributed by atoms with Gasteiger partial charge in [-0.2, -0.15) is 0 Å².